The van der Waals surface area contributed by atoms with Gasteiger partial charge in [0, 0.05) is 46.9 Å². The number of pyridine rings is 1. The maximum absolute atomic E-state index is 13.7. The van der Waals surface area contributed by atoms with E-state index in [1.54, 1.807) is 13.0 Å². The zero-order chi connectivity index (χ0) is 20.8. The summed E-state index contributed by atoms with van der Waals surface area (Å²) in [5.74, 6) is 0.0843. The number of hydrogen-bond acceptors (Lipinski definition) is 5. The van der Waals surface area contributed by atoms with Crippen LogP contribution in [0.5, 0.6) is 0 Å². The maximum Gasteiger partial charge on any atom is 0.264 e. The first-order valence-electron chi connectivity index (χ1n) is 10.0. The number of likely N-dealkylation sites (tertiary alicyclic amines) is 1. The summed E-state index contributed by atoms with van der Waals surface area (Å²) in [6.07, 6.45) is 1.22. The molecule has 4 rings (SSSR count). The van der Waals surface area contributed by atoms with Gasteiger partial charge in [-0.25, -0.2) is 13.8 Å². The Morgan fingerprint density at radius 2 is 2.14 bits per heavy atom. The van der Waals surface area contributed by atoms with Crippen molar-refractivity contribution >= 4 is 11.1 Å². The van der Waals surface area contributed by atoms with Gasteiger partial charge in [-0.05, 0) is 32.4 Å². The molecule has 0 aliphatic carbocycles. The summed E-state index contributed by atoms with van der Waals surface area (Å²) in [6.45, 7) is 10.7. The Hall–Kier alpha value is -2.35. The maximum atomic E-state index is 13.7. The second-order valence-electron chi connectivity index (χ2n) is 8.98. The van der Waals surface area contributed by atoms with Crippen molar-refractivity contribution < 1.29 is 13.3 Å². The Morgan fingerprint density at radius 3 is 2.86 bits per heavy atom. The molecule has 6 nitrogen and oxygen atoms in total. The highest BCUT2D eigenvalue weighted by atomic mass is 19.3. The van der Waals surface area contributed by atoms with E-state index in [1.165, 1.54) is 5.56 Å². The van der Waals surface area contributed by atoms with Gasteiger partial charge < -0.3 is 4.52 Å². The monoisotopic (exact) mass is 403 g/mol. The zero-order valence-electron chi connectivity index (χ0n) is 17.3. The van der Waals surface area contributed by atoms with Crippen LogP contribution in [-0.2, 0) is 12.0 Å². The lowest BCUT2D eigenvalue weighted by atomic mass is 9.88. The molecule has 0 unspecified atom stereocenters. The Bertz CT molecular complexity index is 1000. The van der Waals surface area contributed by atoms with Crippen LogP contribution < -0.4 is 0 Å². The number of aromatic nitrogens is 4. The van der Waals surface area contributed by atoms with Crippen LogP contribution in [0.1, 0.15) is 74.2 Å². The lowest BCUT2D eigenvalue weighted by Gasteiger charge is -2.33. The molecular formula is C21H27F2N5O. The average molecular weight is 403 g/mol. The summed E-state index contributed by atoms with van der Waals surface area (Å²) < 4.78 is 32.6. The first-order chi connectivity index (χ1) is 13.7. The number of aryl methyl sites for hydroxylation is 1. The second kappa shape index (κ2) is 7.48. The van der Waals surface area contributed by atoms with Crippen molar-refractivity contribution in [2.75, 3.05) is 13.1 Å². The van der Waals surface area contributed by atoms with Gasteiger partial charge in [0.25, 0.3) is 12.1 Å². The molecule has 8 heteroatoms. The topological polar surface area (TPSA) is 70.8 Å². The fraction of sp³-hybridized carbons (Fsp3) is 0.571. The van der Waals surface area contributed by atoms with Gasteiger partial charge in [0.15, 0.2) is 0 Å². The third-order valence-corrected chi connectivity index (χ3v) is 5.69. The first kappa shape index (κ1) is 19.9. The molecule has 1 aliphatic heterocycles. The van der Waals surface area contributed by atoms with Crippen molar-refractivity contribution in [2.45, 2.75) is 64.8 Å². The third kappa shape index (κ3) is 3.90. The van der Waals surface area contributed by atoms with Crippen LogP contribution in [0.2, 0.25) is 0 Å². The summed E-state index contributed by atoms with van der Waals surface area (Å²) in [6, 6.07) is 1.55. The van der Waals surface area contributed by atoms with Gasteiger partial charge in [-0.3, -0.25) is 10.00 Å². The number of piperidine rings is 1. The molecule has 1 N–H and O–H groups in total. The van der Waals surface area contributed by atoms with Crippen LogP contribution in [0.4, 0.5) is 8.78 Å². The van der Waals surface area contributed by atoms with Crippen molar-refractivity contribution in [1.82, 2.24) is 25.2 Å². The SMILES string of the molecule is Cc1noc2nc([C@@H]3CCCN(Cc4cn[nH]c4C(C)(C)C)C3)cc(C(F)F)c12. The molecule has 3 aromatic rings. The molecule has 0 saturated carbocycles. The number of H-pyrrole nitrogens is 1. The smallest absolute Gasteiger partial charge is 0.264 e. The van der Waals surface area contributed by atoms with E-state index in [1.807, 2.05) is 6.20 Å². The van der Waals surface area contributed by atoms with Crippen LogP contribution in [0.15, 0.2) is 16.8 Å². The molecule has 29 heavy (non-hydrogen) atoms. The molecule has 1 atom stereocenters. The molecule has 0 bridgehead atoms. The summed E-state index contributed by atoms with van der Waals surface area (Å²) in [5.41, 5.74) is 3.59. The lowest BCUT2D eigenvalue weighted by Crippen LogP contribution is -2.34. The van der Waals surface area contributed by atoms with E-state index < -0.39 is 6.43 Å². The number of nitrogens with zero attached hydrogens (tertiary/aromatic N) is 4. The molecule has 0 spiro atoms. The fourth-order valence-corrected chi connectivity index (χ4v) is 4.29. The molecule has 0 aromatic carbocycles. The fourth-order valence-electron chi connectivity index (χ4n) is 4.29. The molecule has 0 radical (unpaired) electrons. The predicted octanol–water partition coefficient (Wildman–Crippen LogP) is 4.87. The summed E-state index contributed by atoms with van der Waals surface area (Å²) in [4.78, 5) is 6.90. The Labute approximate surface area is 168 Å². The van der Waals surface area contributed by atoms with Crippen LogP contribution in [0.25, 0.3) is 11.1 Å². The lowest BCUT2D eigenvalue weighted by molar-refractivity contribution is 0.152. The van der Waals surface area contributed by atoms with E-state index in [9.17, 15) is 8.78 Å². The molecular weight excluding hydrogens is 376 g/mol. The highest BCUT2D eigenvalue weighted by molar-refractivity contribution is 5.80. The van der Waals surface area contributed by atoms with Gasteiger partial charge in [0.1, 0.15) is 0 Å². The number of hydrogen-bond donors (Lipinski definition) is 1. The van der Waals surface area contributed by atoms with Crippen LogP contribution in [-0.4, -0.2) is 38.3 Å². The van der Waals surface area contributed by atoms with Crippen LogP contribution >= 0.6 is 0 Å². The van der Waals surface area contributed by atoms with E-state index in [4.69, 9.17) is 4.52 Å². The number of fused-ring (bicyclic) bond motifs is 1. The van der Waals surface area contributed by atoms with Crippen molar-refractivity contribution in [3.05, 3.63) is 40.5 Å². The molecule has 1 fully saturated rings. The molecule has 1 aliphatic rings. The standard InChI is InChI=1S/C21H27F2N5O/c1-12-17-15(19(22)23)8-16(25-20(17)29-27-12)13-6-5-7-28(10-13)11-14-9-24-26-18(14)21(2,3)4/h8-9,13,19H,5-7,10-11H2,1-4H3,(H,24,26)/t13-/m1/s1. The highest BCUT2D eigenvalue weighted by Crippen LogP contribution is 2.35. The normalized spacial score (nSPS) is 18.8. The number of rotatable bonds is 4. The van der Waals surface area contributed by atoms with E-state index in [0.717, 1.165) is 38.2 Å². The Morgan fingerprint density at radius 1 is 1.34 bits per heavy atom. The first-order valence-corrected chi connectivity index (χ1v) is 10.0. The van der Waals surface area contributed by atoms with Crippen molar-refractivity contribution in [3.8, 4) is 0 Å². The average Bonchev–Trinajstić information content (AvgIpc) is 3.28. The highest BCUT2D eigenvalue weighted by Gasteiger charge is 2.28. The van der Waals surface area contributed by atoms with Gasteiger partial charge >= 0.3 is 0 Å². The summed E-state index contributed by atoms with van der Waals surface area (Å²) >= 11 is 0. The summed E-state index contributed by atoms with van der Waals surface area (Å²) in [7, 11) is 0. The molecule has 1 saturated heterocycles. The Kier molecular flexibility index (Phi) is 5.14. The molecule has 0 amide bonds. The number of aromatic amines is 1. The molecule has 156 valence electrons. The van der Waals surface area contributed by atoms with E-state index in [2.05, 4.69) is 46.0 Å². The third-order valence-electron chi connectivity index (χ3n) is 5.69. The van der Waals surface area contributed by atoms with E-state index in [-0.39, 0.29) is 22.6 Å². The zero-order valence-corrected chi connectivity index (χ0v) is 17.3. The number of nitrogens with one attached hydrogen (secondary N) is 1. The largest absolute Gasteiger partial charge is 0.336 e. The van der Waals surface area contributed by atoms with Gasteiger partial charge in [-0.2, -0.15) is 5.10 Å². The van der Waals surface area contributed by atoms with Gasteiger partial charge in [-0.1, -0.05) is 25.9 Å². The molecule has 4 heterocycles. The van der Waals surface area contributed by atoms with E-state index >= 15 is 0 Å². The van der Waals surface area contributed by atoms with Crippen LogP contribution in [0, 0.1) is 6.92 Å². The Balaban J connectivity index is 1.58. The summed E-state index contributed by atoms with van der Waals surface area (Å²) in [5, 5.41) is 11.5. The van der Waals surface area contributed by atoms with Crippen molar-refractivity contribution in [2.24, 2.45) is 0 Å². The number of alkyl halides is 2. The second-order valence-corrected chi connectivity index (χ2v) is 8.98. The quantitative estimate of drug-likeness (QED) is 0.673. The number of halogens is 2. The minimum Gasteiger partial charge on any atom is -0.336 e. The van der Waals surface area contributed by atoms with E-state index in [0.29, 0.717) is 16.8 Å². The van der Waals surface area contributed by atoms with Crippen molar-refractivity contribution in [3.63, 3.8) is 0 Å². The minimum absolute atomic E-state index is 0.00999. The van der Waals surface area contributed by atoms with Gasteiger partial charge in [0.2, 0.25) is 0 Å². The van der Waals surface area contributed by atoms with Crippen molar-refractivity contribution in [1.29, 1.82) is 0 Å². The molecule has 3 aromatic heterocycles. The van der Waals surface area contributed by atoms with Gasteiger partial charge in [-0.15, -0.1) is 0 Å². The van der Waals surface area contributed by atoms with Crippen LogP contribution in [0.3, 0.4) is 0 Å². The van der Waals surface area contributed by atoms with Gasteiger partial charge in [0.05, 0.1) is 17.3 Å². The predicted molar refractivity (Wildman–Crippen MR) is 106 cm³/mol. The minimum atomic E-state index is -2.59.